The molecule has 0 aromatic rings. The minimum Gasteiger partial charge on any atom is -0.0891 e. The Labute approximate surface area is 103 Å². The van der Waals surface area contributed by atoms with Crippen molar-refractivity contribution in [2.24, 2.45) is 0 Å². The summed E-state index contributed by atoms with van der Waals surface area (Å²) in [5.41, 5.74) is 2.48. The minimum atomic E-state index is -0.196. The second kappa shape index (κ2) is 7.07. The van der Waals surface area contributed by atoms with Gasteiger partial charge in [0.05, 0.1) is 0 Å². The number of allylic oxidation sites excluding steroid dienone is 5. The monoisotopic (exact) mass is 245 g/mol. The molecule has 0 unspecified atom stereocenters. The van der Waals surface area contributed by atoms with Crippen molar-refractivity contribution in [3.05, 3.63) is 35.2 Å². The van der Waals surface area contributed by atoms with Crippen LogP contribution in [0.2, 0.25) is 6.04 Å². The molecule has 0 saturated carbocycles. The van der Waals surface area contributed by atoms with E-state index < -0.39 is 0 Å². The van der Waals surface area contributed by atoms with Gasteiger partial charge in [-0.15, -0.1) is 0 Å². The summed E-state index contributed by atoms with van der Waals surface area (Å²) in [6, 6.07) is 1.52. The SMILES string of the molecule is C1=C/CCCCC(/[Si]2=[Si]/C=C\CCCC2)=C\1. The Hall–Kier alpha value is -0.346. The number of rotatable bonds is 1. The fraction of sp³-hybridized carbons (Fsp3) is 0.571. The molecule has 2 heteroatoms. The molecule has 2 aliphatic rings. The van der Waals surface area contributed by atoms with Gasteiger partial charge in [0, 0.05) is 16.5 Å². The topological polar surface area (TPSA) is 0 Å². The second-order valence-electron chi connectivity index (χ2n) is 4.64. The van der Waals surface area contributed by atoms with Gasteiger partial charge in [0.25, 0.3) is 0 Å². The Kier molecular flexibility index (Phi) is 5.36. The molecule has 0 saturated heterocycles. The molecular weight excluding hydrogens is 224 g/mol. The van der Waals surface area contributed by atoms with Crippen LogP contribution in [0, 0.1) is 0 Å². The Morgan fingerprint density at radius 3 is 2.88 bits per heavy atom. The van der Waals surface area contributed by atoms with E-state index in [2.05, 4.69) is 30.0 Å². The van der Waals surface area contributed by atoms with Crippen molar-refractivity contribution in [2.75, 3.05) is 0 Å². The molecule has 0 aromatic heterocycles. The standard InChI is InChI=1S/C14H21Si2/c1-2-6-10-14(11-7-3-1)16-13-9-5-4-8-12-15-16/h2,6,8,10,12H,1,3-5,7,9,11,13H2/b6-2-,12-8-,14-10+,16-15?. The number of hydrogen-bond acceptors (Lipinski definition) is 0. The Morgan fingerprint density at radius 1 is 1.00 bits per heavy atom. The average molecular weight is 245 g/mol. The first-order valence-corrected chi connectivity index (χ1v) is 10.4. The van der Waals surface area contributed by atoms with Crippen LogP contribution in [0.15, 0.2) is 35.2 Å². The third kappa shape index (κ3) is 3.91. The van der Waals surface area contributed by atoms with Crippen molar-refractivity contribution in [1.29, 1.82) is 0 Å². The molecule has 1 radical (unpaired) electrons. The van der Waals surface area contributed by atoms with E-state index in [1.54, 1.807) is 0 Å². The molecule has 0 aromatic carbocycles. The first-order chi connectivity index (χ1) is 7.97. The van der Waals surface area contributed by atoms with E-state index >= 15 is 0 Å². The van der Waals surface area contributed by atoms with Crippen LogP contribution >= 0.6 is 0 Å². The molecule has 0 atom stereocenters. The lowest BCUT2D eigenvalue weighted by Crippen LogP contribution is -2.11. The van der Waals surface area contributed by atoms with Crippen molar-refractivity contribution in [3.63, 3.8) is 0 Å². The Balaban J connectivity index is 2.13. The molecule has 16 heavy (non-hydrogen) atoms. The van der Waals surface area contributed by atoms with Gasteiger partial charge in [0.2, 0.25) is 0 Å². The lowest BCUT2D eigenvalue weighted by molar-refractivity contribution is 0.749. The van der Waals surface area contributed by atoms with Gasteiger partial charge in [-0.2, -0.15) is 0 Å². The van der Waals surface area contributed by atoms with Gasteiger partial charge in [0.1, 0.15) is 0 Å². The summed E-state index contributed by atoms with van der Waals surface area (Å²) < 4.78 is 0. The van der Waals surface area contributed by atoms with E-state index in [1.807, 2.05) is 5.20 Å². The van der Waals surface area contributed by atoms with Gasteiger partial charge in [-0.3, -0.25) is 0 Å². The molecule has 85 valence electrons. The fourth-order valence-corrected chi connectivity index (χ4v) is 7.94. The van der Waals surface area contributed by atoms with Crippen LogP contribution < -0.4 is 0 Å². The highest BCUT2D eigenvalue weighted by Crippen LogP contribution is 2.17. The highest BCUT2D eigenvalue weighted by Gasteiger charge is 2.07. The summed E-state index contributed by atoms with van der Waals surface area (Å²) in [7, 11) is 0.930. The first-order valence-electron chi connectivity index (χ1n) is 6.60. The van der Waals surface area contributed by atoms with Gasteiger partial charge in [-0.25, -0.2) is 0 Å². The largest absolute Gasteiger partial charge is 0.0891 e. The fourth-order valence-electron chi connectivity index (χ4n) is 2.33. The maximum absolute atomic E-state index is 2.48. The molecule has 2 rings (SSSR count). The molecule has 0 fully saturated rings. The Bertz CT molecular complexity index is 301. The zero-order valence-corrected chi connectivity index (χ0v) is 12.0. The van der Waals surface area contributed by atoms with Crippen LogP contribution in [0.25, 0.3) is 0 Å². The molecular formula is C14H21Si2. The lowest BCUT2D eigenvalue weighted by atomic mass is 10.1. The molecule has 1 heterocycles. The summed E-state index contributed by atoms with van der Waals surface area (Å²) >= 11 is 0. The smallest absolute Gasteiger partial charge is 0.0292 e. The van der Waals surface area contributed by atoms with Crippen LogP contribution in [0.3, 0.4) is 0 Å². The predicted octanol–water partition coefficient (Wildman–Crippen LogP) is 3.98. The van der Waals surface area contributed by atoms with Crippen molar-refractivity contribution < 1.29 is 0 Å². The molecule has 0 amide bonds. The van der Waals surface area contributed by atoms with Gasteiger partial charge in [-0.05, 0) is 44.6 Å². The van der Waals surface area contributed by atoms with Gasteiger partial charge >= 0.3 is 0 Å². The summed E-state index contributed by atoms with van der Waals surface area (Å²) in [6.45, 7) is 0. The zero-order valence-electron chi connectivity index (χ0n) is 10.0. The summed E-state index contributed by atoms with van der Waals surface area (Å²) in [6.07, 6.45) is 19.2. The third-order valence-electron chi connectivity index (χ3n) is 3.31. The zero-order chi connectivity index (χ0) is 11.1. The Morgan fingerprint density at radius 2 is 1.88 bits per heavy atom. The molecule has 0 nitrogen and oxygen atoms in total. The summed E-state index contributed by atoms with van der Waals surface area (Å²) in [5.74, 6) is 0. The van der Waals surface area contributed by atoms with E-state index in [4.69, 9.17) is 0 Å². The van der Waals surface area contributed by atoms with E-state index in [0.717, 1.165) is 8.61 Å². The maximum Gasteiger partial charge on any atom is 0.0292 e. The van der Waals surface area contributed by atoms with Crippen LogP contribution in [0.1, 0.15) is 44.9 Å². The van der Waals surface area contributed by atoms with Crippen LogP contribution in [0.5, 0.6) is 0 Å². The highest BCUT2D eigenvalue weighted by atomic mass is 28.9. The highest BCUT2D eigenvalue weighted by molar-refractivity contribution is 6.92. The molecule has 1 aliphatic heterocycles. The lowest BCUT2D eigenvalue weighted by Gasteiger charge is -2.13. The van der Waals surface area contributed by atoms with Crippen LogP contribution in [0.4, 0.5) is 0 Å². The van der Waals surface area contributed by atoms with Gasteiger partial charge < -0.3 is 0 Å². The van der Waals surface area contributed by atoms with Crippen molar-refractivity contribution in [1.82, 2.24) is 0 Å². The van der Waals surface area contributed by atoms with E-state index in [1.165, 1.54) is 51.0 Å². The van der Waals surface area contributed by atoms with Crippen molar-refractivity contribution >= 4 is 16.5 Å². The predicted molar refractivity (Wildman–Crippen MR) is 75.0 cm³/mol. The maximum atomic E-state index is 2.48. The summed E-state index contributed by atoms with van der Waals surface area (Å²) in [4.78, 5) is 0. The van der Waals surface area contributed by atoms with E-state index in [0.29, 0.717) is 0 Å². The molecule has 0 N–H and O–H groups in total. The van der Waals surface area contributed by atoms with E-state index in [-0.39, 0.29) is 7.89 Å². The molecule has 1 aliphatic carbocycles. The van der Waals surface area contributed by atoms with Crippen LogP contribution in [-0.4, -0.2) is 16.5 Å². The van der Waals surface area contributed by atoms with Crippen LogP contribution in [-0.2, 0) is 0 Å². The van der Waals surface area contributed by atoms with Crippen molar-refractivity contribution in [3.8, 4) is 0 Å². The van der Waals surface area contributed by atoms with Crippen molar-refractivity contribution in [2.45, 2.75) is 51.0 Å². The quantitative estimate of drug-likeness (QED) is 0.613. The van der Waals surface area contributed by atoms with Gasteiger partial charge in [-0.1, -0.05) is 41.6 Å². The second-order valence-corrected chi connectivity index (χ2v) is 10.0. The first kappa shape index (κ1) is 12.1. The molecule has 0 bridgehead atoms. The summed E-state index contributed by atoms with van der Waals surface area (Å²) in [5, 5.41) is 1.82. The molecule has 0 spiro atoms. The minimum absolute atomic E-state index is 0.196. The van der Waals surface area contributed by atoms with Gasteiger partial charge in [0.15, 0.2) is 0 Å². The normalized spacial score (nSPS) is 33.0. The average Bonchev–Trinajstić information content (AvgIpc) is 2.18. The number of hydrogen-bond donors (Lipinski definition) is 0. The third-order valence-corrected chi connectivity index (χ3v) is 9.37. The van der Waals surface area contributed by atoms with E-state index in [9.17, 15) is 0 Å².